The van der Waals surface area contributed by atoms with Crippen LogP contribution in [0.1, 0.15) is 28.0 Å². The van der Waals surface area contributed by atoms with Crippen molar-refractivity contribution in [3.8, 4) is 0 Å². The second kappa shape index (κ2) is 3.96. The van der Waals surface area contributed by atoms with Crippen LogP contribution in [-0.4, -0.2) is 16.5 Å². The number of aryl methyl sites for hydroxylation is 1. The highest BCUT2D eigenvalue weighted by atomic mass is 32.1. The molecule has 0 saturated heterocycles. The fourth-order valence-corrected chi connectivity index (χ4v) is 3.17. The first-order valence-corrected chi connectivity index (χ1v) is 6.32. The normalized spacial score (nSPS) is 19.4. The summed E-state index contributed by atoms with van der Waals surface area (Å²) in [6.45, 7) is 2.96. The quantitative estimate of drug-likeness (QED) is 0.816. The maximum Gasteiger partial charge on any atom is 0.125 e. The van der Waals surface area contributed by atoms with E-state index in [1.165, 1.54) is 10.4 Å². The zero-order valence-corrected chi connectivity index (χ0v) is 9.92. The SMILES string of the molecule is Cc1nccc(C2NCCc3ccsc32)n1. The molecule has 3 rings (SSSR count). The summed E-state index contributed by atoms with van der Waals surface area (Å²) in [5.41, 5.74) is 2.54. The molecule has 0 bridgehead atoms. The van der Waals surface area contributed by atoms with Crippen molar-refractivity contribution in [1.82, 2.24) is 15.3 Å². The van der Waals surface area contributed by atoms with Gasteiger partial charge in [0, 0.05) is 17.6 Å². The zero-order valence-electron chi connectivity index (χ0n) is 9.10. The molecular weight excluding hydrogens is 218 g/mol. The number of hydrogen-bond donors (Lipinski definition) is 1. The van der Waals surface area contributed by atoms with Gasteiger partial charge in [-0.25, -0.2) is 9.97 Å². The van der Waals surface area contributed by atoms with Gasteiger partial charge in [0.25, 0.3) is 0 Å². The van der Waals surface area contributed by atoms with Crippen molar-refractivity contribution in [2.24, 2.45) is 0 Å². The minimum atomic E-state index is 0.255. The molecule has 0 fully saturated rings. The van der Waals surface area contributed by atoms with Gasteiger partial charge in [0.15, 0.2) is 0 Å². The first-order chi connectivity index (χ1) is 7.84. The largest absolute Gasteiger partial charge is 0.304 e. The van der Waals surface area contributed by atoms with Crippen LogP contribution in [0.15, 0.2) is 23.7 Å². The molecule has 0 amide bonds. The molecule has 3 nitrogen and oxygen atoms in total. The van der Waals surface area contributed by atoms with Gasteiger partial charge < -0.3 is 5.32 Å². The summed E-state index contributed by atoms with van der Waals surface area (Å²) in [6, 6.07) is 4.48. The molecule has 2 aromatic rings. The highest BCUT2D eigenvalue weighted by Crippen LogP contribution is 2.31. The Balaban J connectivity index is 2.04. The Morgan fingerprint density at radius 2 is 2.38 bits per heavy atom. The summed E-state index contributed by atoms with van der Waals surface area (Å²) in [7, 11) is 0. The van der Waals surface area contributed by atoms with Gasteiger partial charge in [0.1, 0.15) is 5.82 Å². The predicted molar refractivity (Wildman–Crippen MR) is 64.6 cm³/mol. The third-order valence-electron chi connectivity index (χ3n) is 2.88. The van der Waals surface area contributed by atoms with Crippen LogP contribution < -0.4 is 5.32 Å². The van der Waals surface area contributed by atoms with Crippen molar-refractivity contribution < 1.29 is 0 Å². The van der Waals surface area contributed by atoms with Gasteiger partial charge in [-0.3, -0.25) is 0 Å². The molecule has 0 aromatic carbocycles. The smallest absolute Gasteiger partial charge is 0.125 e. The Morgan fingerprint density at radius 1 is 1.44 bits per heavy atom. The number of thiophene rings is 1. The van der Waals surface area contributed by atoms with E-state index >= 15 is 0 Å². The first kappa shape index (κ1) is 9.93. The molecule has 1 atom stereocenters. The third-order valence-corrected chi connectivity index (χ3v) is 3.90. The van der Waals surface area contributed by atoms with Crippen LogP contribution in [0.25, 0.3) is 0 Å². The van der Waals surface area contributed by atoms with Crippen LogP contribution >= 0.6 is 11.3 Å². The van der Waals surface area contributed by atoms with Gasteiger partial charge in [0.2, 0.25) is 0 Å². The number of rotatable bonds is 1. The molecule has 1 aliphatic heterocycles. The van der Waals surface area contributed by atoms with E-state index in [0.29, 0.717) is 0 Å². The van der Waals surface area contributed by atoms with Crippen molar-refractivity contribution in [3.63, 3.8) is 0 Å². The molecule has 0 spiro atoms. The number of nitrogens with zero attached hydrogens (tertiary/aromatic N) is 2. The lowest BCUT2D eigenvalue weighted by molar-refractivity contribution is 0.564. The second-order valence-corrected chi connectivity index (χ2v) is 4.92. The summed E-state index contributed by atoms with van der Waals surface area (Å²) >= 11 is 1.81. The monoisotopic (exact) mass is 231 g/mol. The zero-order chi connectivity index (χ0) is 11.0. The van der Waals surface area contributed by atoms with Gasteiger partial charge in [0.05, 0.1) is 11.7 Å². The Kier molecular flexibility index (Phi) is 2.46. The van der Waals surface area contributed by atoms with E-state index in [1.807, 2.05) is 30.5 Å². The maximum absolute atomic E-state index is 4.51. The number of fused-ring (bicyclic) bond motifs is 1. The van der Waals surface area contributed by atoms with Crippen molar-refractivity contribution in [2.75, 3.05) is 6.54 Å². The van der Waals surface area contributed by atoms with Gasteiger partial charge >= 0.3 is 0 Å². The molecule has 1 unspecified atom stereocenters. The predicted octanol–water partition coefficient (Wildman–Crippen LogP) is 2.08. The standard InChI is InChI=1S/C12H13N3S/c1-8-13-6-3-10(15-8)11-12-9(2-5-14-11)4-7-16-12/h3-4,6-7,11,14H,2,5H2,1H3. The third kappa shape index (κ3) is 1.64. The van der Waals surface area contributed by atoms with Crippen molar-refractivity contribution >= 4 is 11.3 Å². The van der Waals surface area contributed by atoms with Crippen molar-refractivity contribution in [1.29, 1.82) is 0 Å². The first-order valence-electron chi connectivity index (χ1n) is 5.44. The molecule has 0 aliphatic carbocycles. The van der Waals surface area contributed by atoms with E-state index in [1.54, 1.807) is 0 Å². The van der Waals surface area contributed by atoms with E-state index in [4.69, 9.17) is 0 Å². The van der Waals surface area contributed by atoms with E-state index in [0.717, 1.165) is 24.5 Å². The number of nitrogens with one attached hydrogen (secondary N) is 1. The molecule has 2 aromatic heterocycles. The molecule has 3 heterocycles. The average molecular weight is 231 g/mol. The molecule has 1 aliphatic rings. The topological polar surface area (TPSA) is 37.8 Å². The second-order valence-electron chi connectivity index (χ2n) is 3.98. The Bertz CT molecular complexity index is 506. The lowest BCUT2D eigenvalue weighted by Crippen LogP contribution is -2.30. The fourth-order valence-electron chi connectivity index (χ4n) is 2.13. The number of hydrogen-bond acceptors (Lipinski definition) is 4. The van der Waals surface area contributed by atoms with Crippen LogP contribution in [-0.2, 0) is 6.42 Å². The summed E-state index contributed by atoms with van der Waals surface area (Å²) in [4.78, 5) is 10.1. The Morgan fingerprint density at radius 3 is 3.25 bits per heavy atom. The lowest BCUT2D eigenvalue weighted by atomic mass is 10.0. The maximum atomic E-state index is 4.51. The van der Waals surface area contributed by atoms with E-state index in [9.17, 15) is 0 Å². The van der Waals surface area contributed by atoms with E-state index < -0.39 is 0 Å². The molecule has 16 heavy (non-hydrogen) atoms. The van der Waals surface area contributed by atoms with E-state index in [-0.39, 0.29) is 6.04 Å². The van der Waals surface area contributed by atoms with Gasteiger partial charge in [-0.1, -0.05) is 0 Å². The molecular formula is C12H13N3S. The molecule has 0 radical (unpaired) electrons. The minimum absolute atomic E-state index is 0.255. The van der Waals surface area contributed by atoms with Crippen molar-refractivity contribution in [3.05, 3.63) is 45.7 Å². The molecule has 0 saturated carbocycles. The summed E-state index contributed by atoms with van der Waals surface area (Å²) in [6.07, 6.45) is 2.96. The lowest BCUT2D eigenvalue weighted by Gasteiger charge is -2.23. The van der Waals surface area contributed by atoms with Crippen molar-refractivity contribution in [2.45, 2.75) is 19.4 Å². The Hall–Kier alpha value is -1.26. The van der Waals surface area contributed by atoms with Crippen LogP contribution in [0, 0.1) is 6.92 Å². The molecule has 82 valence electrons. The van der Waals surface area contributed by atoms with Crippen LogP contribution in [0.3, 0.4) is 0 Å². The summed E-state index contributed by atoms with van der Waals surface area (Å²) in [5, 5.41) is 5.69. The van der Waals surface area contributed by atoms with Crippen LogP contribution in [0.2, 0.25) is 0 Å². The molecule has 4 heteroatoms. The Labute approximate surface area is 98.6 Å². The molecule has 1 N–H and O–H groups in total. The fraction of sp³-hybridized carbons (Fsp3) is 0.333. The minimum Gasteiger partial charge on any atom is -0.304 e. The van der Waals surface area contributed by atoms with E-state index in [2.05, 4.69) is 26.7 Å². The highest BCUT2D eigenvalue weighted by Gasteiger charge is 2.23. The van der Waals surface area contributed by atoms with Crippen LogP contribution in [0.4, 0.5) is 0 Å². The number of aromatic nitrogens is 2. The van der Waals surface area contributed by atoms with Gasteiger partial charge in [-0.15, -0.1) is 11.3 Å². The summed E-state index contributed by atoms with van der Waals surface area (Å²) < 4.78 is 0. The average Bonchev–Trinajstić information content (AvgIpc) is 2.76. The van der Waals surface area contributed by atoms with Crippen LogP contribution in [0.5, 0.6) is 0 Å². The highest BCUT2D eigenvalue weighted by molar-refractivity contribution is 7.10. The van der Waals surface area contributed by atoms with Gasteiger partial charge in [-0.05, 0) is 36.4 Å². The summed E-state index contributed by atoms with van der Waals surface area (Å²) in [5.74, 6) is 0.836. The van der Waals surface area contributed by atoms with Gasteiger partial charge in [-0.2, -0.15) is 0 Å².